The molecule has 0 amide bonds. The standard InChI is InChI=1S/C21H20Cl2O5/c1-20(2,15-11-7-5-9-13(15)17(22)24)27-19(26)28-21(3,4)16-12-8-6-10-14(16)18(23)25/h5-12H,1-4H3. The van der Waals surface area contributed by atoms with Crippen LogP contribution in [0.2, 0.25) is 0 Å². The molecule has 0 aliphatic rings. The van der Waals surface area contributed by atoms with Gasteiger partial charge in [0.15, 0.2) is 0 Å². The summed E-state index contributed by atoms with van der Waals surface area (Å²) < 4.78 is 11.0. The molecule has 0 fully saturated rings. The Kier molecular flexibility index (Phi) is 6.52. The van der Waals surface area contributed by atoms with Gasteiger partial charge in [0.05, 0.1) is 0 Å². The topological polar surface area (TPSA) is 69.7 Å². The second-order valence-electron chi connectivity index (χ2n) is 7.11. The van der Waals surface area contributed by atoms with Crippen molar-refractivity contribution in [3.63, 3.8) is 0 Å². The van der Waals surface area contributed by atoms with Crippen LogP contribution in [0.1, 0.15) is 59.5 Å². The van der Waals surface area contributed by atoms with Crippen LogP contribution in [-0.4, -0.2) is 16.6 Å². The first-order valence-corrected chi connectivity index (χ1v) is 9.22. The van der Waals surface area contributed by atoms with Crippen LogP contribution in [0.5, 0.6) is 0 Å². The molecule has 2 aromatic carbocycles. The molecule has 0 heterocycles. The summed E-state index contributed by atoms with van der Waals surface area (Å²) in [5.74, 6) is 0. The minimum Gasteiger partial charge on any atom is -0.423 e. The van der Waals surface area contributed by atoms with Crippen molar-refractivity contribution < 1.29 is 23.9 Å². The maximum atomic E-state index is 12.5. The Morgan fingerprint density at radius 2 is 1.00 bits per heavy atom. The smallest absolute Gasteiger partial charge is 0.423 e. The number of carbonyl (C=O) groups is 3. The molecule has 0 spiro atoms. The first kappa shape index (κ1) is 21.9. The van der Waals surface area contributed by atoms with E-state index in [1.54, 1.807) is 76.2 Å². The highest BCUT2D eigenvalue weighted by Crippen LogP contribution is 2.33. The van der Waals surface area contributed by atoms with Crippen molar-refractivity contribution in [2.24, 2.45) is 0 Å². The minimum absolute atomic E-state index is 0.235. The SMILES string of the molecule is CC(C)(OC(=O)OC(C)(C)c1ccccc1C(=O)Cl)c1ccccc1C(=O)Cl. The lowest BCUT2D eigenvalue weighted by Gasteiger charge is -2.31. The number of benzene rings is 2. The zero-order valence-electron chi connectivity index (χ0n) is 15.9. The Morgan fingerprint density at radius 3 is 1.32 bits per heavy atom. The average Bonchev–Trinajstić information content (AvgIpc) is 2.60. The van der Waals surface area contributed by atoms with Gasteiger partial charge in [0.1, 0.15) is 11.2 Å². The van der Waals surface area contributed by atoms with Crippen LogP contribution in [0.15, 0.2) is 48.5 Å². The van der Waals surface area contributed by atoms with Crippen molar-refractivity contribution >= 4 is 39.8 Å². The lowest BCUT2D eigenvalue weighted by atomic mass is 9.93. The van der Waals surface area contributed by atoms with Gasteiger partial charge in [-0.2, -0.15) is 0 Å². The molecule has 7 heteroatoms. The van der Waals surface area contributed by atoms with Crippen molar-refractivity contribution in [2.45, 2.75) is 38.9 Å². The molecule has 0 unspecified atom stereocenters. The largest absolute Gasteiger partial charge is 0.510 e. The molecule has 0 aliphatic heterocycles. The molecule has 0 bridgehead atoms. The minimum atomic E-state index is -1.18. The molecule has 0 N–H and O–H groups in total. The Morgan fingerprint density at radius 1 is 0.679 bits per heavy atom. The van der Waals surface area contributed by atoms with Crippen molar-refractivity contribution in [1.82, 2.24) is 0 Å². The molecule has 0 saturated heterocycles. The van der Waals surface area contributed by atoms with Gasteiger partial charge in [-0.05, 0) is 63.0 Å². The highest BCUT2D eigenvalue weighted by atomic mass is 35.5. The average molecular weight is 423 g/mol. The summed E-state index contributed by atoms with van der Waals surface area (Å²) in [6.07, 6.45) is -0.969. The van der Waals surface area contributed by atoms with Crippen molar-refractivity contribution in [2.75, 3.05) is 0 Å². The van der Waals surface area contributed by atoms with Crippen LogP contribution in [0.3, 0.4) is 0 Å². The van der Waals surface area contributed by atoms with Crippen LogP contribution < -0.4 is 0 Å². The first-order chi connectivity index (χ1) is 13.0. The third-order valence-electron chi connectivity index (χ3n) is 4.25. The summed E-state index contributed by atoms with van der Waals surface area (Å²) in [5.41, 5.74) is -1.01. The van der Waals surface area contributed by atoms with Crippen molar-refractivity contribution in [3.05, 3.63) is 70.8 Å². The van der Waals surface area contributed by atoms with Gasteiger partial charge < -0.3 is 9.47 Å². The van der Waals surface area contributed by atoms with Crippen molar-refractivity contribution in [3.8, 4) is 0 Å². The van der Waals surface area contributed by atoms with Gasteiger partial charge in [-0.1, -0.05) is 36.4 Å². The lowest BCUT2D eigenvalue weighted by Crippen LogP contribution is -2.33. The van der Waals surface area contributed by atoms with Crippen LogP contribution in [-0.2, 0) is 20.7 Å². The molecule has 0 radical (unpaired) electrons. The summed E-state index contributed by atoms with van der Waals surface area (Å²) in [6.45, 7) is 6.48. The lowest BCUT2D eigenvalue weighted by molar-refractivity contribution is -0.0637. The third-order valence-corrected chi connectivity index (χ3v) is 4.66. The maximum Gasteiger partial charge on any atom is 0.510 e. The van der Waals surface area contributed by atoms with Crippen molar-refractivity contribution in [1.29, 1.82) is 0 Å². The zero-order valence-corrected chi connectivity index (χ0v) is 17.4. The number of rotatable bonds is 6. The molecule has 5 nitrogen and oxygen atoms in total. The van der Waals surface area contributed by atoms with E-state index in [1.165, 1.54) is 0 Å². The third kappa shape index (κ3) is 4.91. The van der Waals surface area contributed by atoms with E-state index >= 15 is 0 Å². The molecule has 0 aromatic heterocycles. The predicted octanol–water partition coefficient (Wildman–Crippen LogP) is 5.77. The molecular formula is C21H20Cl2O5. The van der Waals surface area contributed by atoms with Gasteiger partial charge >= 0.3 is 6.16 Å². The summed E-state index contributed by atoms with van der Waals surface area (Å²) in [6, 6.07) is 13.1. The molecule has 0 aliphatic carbocycles. The van der Waals surface area contributed by atoms with Crippen LogP contribution in [0.4, 0.5) is 4.79 Å². The van der Waals surface area contributed by atoms with E-state index in [4.69, 9.17) is 32.7 Å². The number of hydrogen-bond acceptors (Lipinski definition) is 5. The summed E-state index contributed by atoms with van der Waals surface area (Å²) >= 11 is 11.3. The highest BCUT2D eigenvalue weighted by Gasteiger charge is 2.35. The van der Waals surface area contributed by atoms with Gasteiger partial charge in [0, 0.05) is 22.3 Å². The molecule has 0 saturated carbocycles. The van der Waals surface area contributed by atoms with E-state index in [9.17, 15) is 14.4 Å². The normalized spacial score (nSPS) is 11.6. The second-order valence-corrected chi connectivity index (χ2v) is 7.80. The summed E-state index contributed by atoms with van der Waals surface area (Å²) in [5, 5.41) is -1.31. The number of ether oxygens (including phenoxy) is 2. The molecule has 2 aromatic rings. The quantitative estimate of drug-likeness (QED) is 0.436. The molecular weight excluding hydrogens is 403 g/mol. The Balaban J connectivity index is 2.26. The number of halogens is 2. The van der Waals surface area contributed by atoms with E-state index in [0.29, 0.717) is 11.1 Å². The van der Waals surface area contributed by atoms with E-state index in [2.05, 4.69) is 0 Å². The predicted molar refractivity (Wildman–Crippen MR) is 107 cm³/mol. The molecule has 0 atom stereocenters. The first-order valence-electron chi connectivity index (χ1n) is 8.46. The van der Waals surface area contributed by atoms with Gasteiger partial charge in [0.2, 0.25) is 0 Å². The van der Waals surface area contributed by atoms with Crippen LogP contribution >= 0.6 is 23.2 Å². The van der Waals surface area contributed by atoms with Crippen LogP contribution in [0.25, 0.3) is 0 Å². The van der Waals surface area contributed by atoms with E-state index in [0.717, 1.165) is 0 Å². The fourth-order valence-electron chi connectivity index (χ4n) is 2.91. The highest BCUT2D eigenvalue weighted by molar-refractivity contribution is 6.68. The number of carbonyl (C=O) groups excluding carboxylic acids is 3. The van der Waals surface area contributed by atoms with E-state index < -0.39 is 27.8 Å². The fourth-order valence-corrected chi connectivity index (χ4v) is 3.24. The molecule has 28 heavy (non-hydrogen) atoms. The summed E-state index contributed by atoms with van der Waals surface area (Å²) in [7, 11) is 0. The Hall–Kier alpha value is -2.37. The van der Waals surface area contributed by atoms with Crippen LogP contribution in [0, 0.1) is 0 Å². The molecule has 2 rings (SSSR count). The Bertz CT molecular complexity index is 845. The zero-order chi connectivity index (χ0) is 21.1. The monoisotopic (exact) mass is 422 g/mol. The van der Waals surface area contributed by atoms with Gasteiger partial charge in [-0.3, -0.25) is 9.59 Å². The van der Waals surface area contributed by atoms with E-state index in [-0.39, 0.29) is 11.1 Å². The fraction of sp³-hybridized carbons (Fsp3) is 0.286. The number of hydrogen-bond donors (Lipinski definition) is 0. The summed E-state index contributed by atoms with van der Waals surface area (Å²) in [4.78, 5) is 35.8. The van der Waals surface area contributed by atoms with Gasteiger partial charge in [-0.15, -0.1) is 0 Å². The molecule has 148 valence electrons. The van der Waals surface area contributed by atoms with Gasteiger partial charge in [-0.25, -0.2) is 4.79 Å². The van der Waals surface area contributed by atoms with Gasteiger partial charge in [0.25, 0.3) is 10.5 Å². The Labute approximate surface area is 173 Å². The van der Waals surface area contributed by atoms with E-state index in [1.807, 2.05) is 0 Å². The second kappa shape index (κ2) is 8.33. The maximum absolute atomic E-state index is 12.5.